The summed E-state index contributed by atoms with van der Waals surface area (Å²) in [5, 5.41) is 11.4. The first kappa shape index (κ1) is 24.5. The van der Waals surface area contributed by atoms with Gasteiger partial charge >= 0.3 is 0 Å². The van der Waals surface area contributed by atoms with Gasteiger partial charge in [-0.05, 0) is 47.2 Å². The van der Waals surface area contributed by atoms with Crippen molar-refractivity contribution >= 4 is 50.6 Å². The molecule has 1 aliphatic heterocycles. The first-order valence-electron chi connectivity index (χ1n) is 10.4. The molecule has 0 saturated carbocycles. The number of thioether (sulfide) groups is 1. The summed E-state index contributed by atoms with van der Waals surface area (Å²) >= 11 is 4.09. The molecular formula is C25H19BrN2O6S. The van der Waals surface area contributed by atoms with E-state index in [0.29, 0.717) is 0 Å². The summed E-state index contributed by atoms with van der Waals surface area (Å²) in [5.41, 5.74) is 1.53. The highest BCUT2D eigenvalue weighted by atomic mass is 79.9. The summed E-state index contributed by atoms with van der Waals surface area (Å²) in [5.74, 6) is -0.0454. The van der Waals surface area contributed by atoms with Gasteiger partial charge in [-0.15, -0.1) is 0 Å². The van der Waals surface area contributed by atoms with Gasteiger partial charge in [-0.1, -0.05) is 58.4 Å². The Hall–Kier alpha value is -3.63. The number of methoxy groups -OCH3 is 1. The van der Waals surface area contributed by atoms with Gasteiger partial charge in [-0.3, -0.25) is 24.6 Å². The number of nitro groups is 1. The number of hydrogen-bond acceptors (Lipinski definition) is 7. The second kappa shape index (κ2) is 10.7. The molecule has 35 heavy (non-hydrogen) atoms. The van der Waals surface area contributed by atoms with Crippen molar-refractivity contribution in [3.8, 4) is 11.5 Å². The predicted molar refractivity (Wildman–Crippen MR) is 136 cm³/mol. The molecule has 0 N–H and O–H groups in total. The Balaban J connectivity index is 1.61. The fourth-order valence-corrected chi connectivity index (χ4v) is 4.49. The predicted octanol–water partition coefficient (Wildman–Crippen LogP) is 6.18. The lowest BCUT2D eigenvalue weighted by atomic mass is 10.1. The zero-order valence-electron chi connectivity index (χ0n) is 18.5. The van der Waals surface area contributed by atoms with Gasteiger partial charge in [0.2, 0.25) is 0 Å². The van der Waals surface area contributed by atoms with Crippen molar-refractivity contribution in [2.45, 2.75) is 13.2 Å². The maximum absolute atomic E-state index is 12.9. The van der Waals surface area contributed by atoms with Crippen LogP contribution in [0.1, 0.15) is 16.7 Å². The lowest BCUT2D eigenvalue weighted by Crippen LogP contribution is -2.27. The van der Waals surface area contributed by atoms with Crippen molar-refractivity contribution in [1.29, 1.82) is 0 Å². The Kier molecular flexibility index (Phi) is 7.52. The molecule has 8 nitrogen and oxygen atoms in total. The molecule has 0 atom stereocenters. The topological polar surface area (TPSA) is 99.0 Å². The molecule has 1 heterocycles. The van der Waals surface area contributed by atoms with E-state index in [-0.39, 0.29) is 40.8 Å². The molecule has 10 heteroatoms. The molecule has 0 radical (unpaired) electrons. The first-order chi connectivity index (χ1) is 16.9. The van der Waals surface area contributed by atoms with E-state index in [1.807, 2.05) is 42.5 Å². The average molecular weight is 555 g/mol. The standard InChI is InChI=1S/C25H19BrN2O6S/c1-33-21-11-18(20(28(31)32)13-22(21)34-15-17-5-3-2-4-6-17)12-23-24(29)27(25(30)35-23)14-16-7-9-19(26)10-8-16/h2-13H,14-15H2,1H3/b23-12+. The monoisotopic (exact) mass is 554 g/mol. The minimum Gasteiger partial charge on any atom is -0.493 e. The van der Waals surface area contributed by atoms with Crippen LogP contribution in [0.3, 0.4) is 0 Å². The summed E-state index contributed by atoms with van der Waals surface area (Å²) in [6, 6.07) is 19.3. The van der Waals surface area contributed by atoms with Crippen LogP contribution in [0, 0.1) is 10.1 Å². The Morgan fingerprint density at radius 3 is 2.40 bits per heavy atom. The maximum Gasteiger partial charge on any atom is 0.293 e. The second-order valence-electron chi connectivity index (χ2n) is 7.49. The minimum absolute atomic E-state index is 0.0928. The number of nitro benzene ring substituents is 1. The molecule has 0 unspecified atom stereocenters. The summed E-state index contributed by atoms with van der Waals surface area (Å²) in [6.45, 7) is 0.301. The third kappa shape index (κ3) is 5.72. The van der Waals surface area contributed by atoms with E-state index in [2.05, 4.69) is 15.9 Å². The van der Waals surface area contributed by atoms with Crippen LogP contribution in [-0.4, -0.2) is 28.1 Å². The van der Waals surface area contributed by atoms with E-state index in [1.165, 1.54) is 25.3 Å². The van der Waals surface area contributed by atoms with Crippen LogP contribution in [0.5, 0.6) is 11.5 Å². The van der Waals surface area contributed by atoms with E-state index in [4.69, 9.17) is 9.47 Å². The van der Waals surface area contributed by atoms with E-state index >= 15 is 0 Å². The molecular weight excluding hydrogens is 536 g/mol. The fraction of sp³-hybridized carbons (Fsp3) is 0.120. The Morgan fingerprint density at radius 1 is 1.03 bits per heavy atom. The number of ether oxygens (including phenoxy) is 2. The normalized spacial score (nSPS) is 14.5. The van der Waals surface area contributed by atoms with Crippen molar-refractivity contribution in [2.24, 2.45) is 0 Å². The molecule has 3 aromatic rings. The van der Waals surface area contributed by atoms with Crippen molar-refractivity contribution in [3.63, 3.8) is 0 Å². The van der Waals surface area contributed by atoms with Gasteiger partial charge in [0.1, 0.15) is 6.61 Å². The summed E-state index contributed by atoms with van der Waals surface area (Å²) in [4.78, 5) is 37.9. The van der Waals surface area contributed by atoms with Crippen molar-refractivity contribution in [3.05, 3.63) is 103 Å². The number of amides is 2. The summed E-state index contributed by atoms with van der Waals surface area (Å²) in [6.07, 6.45) is 1.34. The molecule has 0 aliphatic carbocycles. The molecule has 178 valence electrons. The molecule has 0 aromatic heterocycles. The second-order valence-corrected chi connectivity index (χ2v) is 9.40. The zero-order chi connectivity index (χ0) is 24.9. The van der Waals surface area contributed by atoms with E-state index in [9.17, 15) is 19.7 Å². The smallest absolute Gasteiger partial charge is 0.293 e. The highest BCUT2D eigenvalue weighted by Crippen LogP contribution is 2.39. The molecule has 2 amide bonds. The zero-order valence-corrected chi connectivity index (χ0v) is 20.9. The number of carbonyl (C=O) groups is 2. The van der Waals surface area contributed by atoms with Gasteiger partial charge in [0, 0.05) is 4.47 Å². The Bertz CT molecular complexity index is 1310. The number of nitrogens with zero attached hydrogens (tertiary/aromatic N) is 2. The van der Waals surface area contributed by atoms with Gasteiger partial charge in [-0.25, -0.2) is 0 Å². The molecule has 0 spiro atoms. The highest BCUT2D eigenvalue weighted by Gasteiger charge is 2.35. The minimum atomic E-state index is -0.563. The van der Waals surface area contributed by atoms with E-state index in [1.54, 1.807) is 12.1 Å². The third-order valence-corrected chi connectivity index (χ3v) is 6.60. The lowest BCUT2D eigenvalue weighted by Gasteiger charge is -2.13. The van der Waals surface area contributed by atoms with Crippen LogP contribution in [-0.2, 0) is 17.9 Å². The number of carbonyl (C=O) groups excluding carboxylic acids is 2. The SMILES string of the molecule is COc1cc(/C=C2/SC(=O)N(Cc3ccc(Br)cc3)C2=O)c([N+](=O)[O-])cc1OCc1ccccc1. The summed E-state index contributed by atoms with van der Waals surface area (Å²) < 4.78 is 12.0. The van der Waals surface area contributed by atoms with Crippen LogP contribution in [0.15, 0.2) is 76.1 Å². The molecule has 4 rings (SSSR count). The number of hydrogen-bond donors (Lipinski definition) is 0. The number of benzene rings is 3. The molecule has 0 bridgehead atoms. The number of rotatable bonds is 8. The van der Waals surface area contributed by atoms with E-state index in [0.717, 1.165) is 32.3 Å². The molecule has 1 saturated heterocycles. The quantitative estimate of drug-likeness (QED) is 0.186. The van der Waals surface area contributed by atoms with E-state index < -0.39 is 16.1 Å². The third-order valence-electron chi connectivity index (χ3n) is 5.16. The Labute approximate surface area is 213 Å². The van der Waals surface area contributed by atoms with Gasteiger partial charge < -0.3 is 9.47 Å². The first-order valence-corrected chi connectivity index (χ1v) is 12.0. The van der Waals surface area contributed by atoms with Crippen molar-refractivity contribution < 1.29 is 24.0 Å². The molecule has 1 aliphatic rings. The van der Waals surface area contributed by atoms with Gasteiger partial charge in [-0.2, -0.15) is 0 Å². The highest BCUT2D eigenvalue weighted by molar-refractivity contribution is 9.10. The van der Waals surface area contributed by atoms with Crippen molar-refractivity contribution in [1.82, 2.24) is 4.90 Å². The van der Waals surface area contributed by atoms with Crippen LogP contribution >= 0.6 is 27.7 Å². The fourth-order valence-electron chi connectivity index (χ4n) is 3.40. The maximum atomic E-state index is 12.9. The Morgan fingerprint density at radius 2 is 1.74 bits per heavy atom. The van der Waals surface area contributed by atoms with Gasteiger partial charge in [0.05, 0.1) is 35.1 Å². The van der Waals surface area contributed by atoms with Gasteiger partial charge in [0.15, 0.2) is 11.5 Å². The molecule has 1 fully saturated rings. The number of imide groups is 1. The van der Waals surface area contributed by atoms with Crippen LogP contribution < -0.4 is 9.47 Å². The van der Waals surface area contributed by atoms with Crippen molar-refractivity contribution in [2.75, 3.05) is 7.11 Å². The number of halogens is 1. The molecule has 3 aromatic carbocycles. The lowest BCUT2D eigenvalue weighted by molar-refractivity contribution is -0.385. The van der Waals surface area contributed by atoms with Crippen LogP contribution in [0.4, 0.5) is 10.5 Å². The largest absolute Gasteiger partial charge is 0.493 e. The van der Waals surface area contributed by atoms with Gasteiger partial charge in [0.25, 0.3) is 16.8 Å². The van der Waals surface area contributed by atoms with Crippen LogP contribution in [0.25, 0.3) is 6.08 Å². The average Bonchev–Trinajstić information content (AvgIpc) is 3.11. The summed E-state index contributed by atoms with van der Waals surface area (Å²) in [7, 11) is 1.42. The van der Waals surface area contributed by atoms with Crippen LogP contribution in [0.2, 0.25) is 0 Å².